The lowest BCUT2D eigenvalue weighted by molar-refractivity contribution is -0.167. The van der Waals surface area contributed by atoms with Crippen LogP contribution < -0.4 is 0 Å². The summed E-state index contributed by atoms with van der Waals surface area (Å²) in [6.45, 7) is 6.31. The van der Waals surface area contributed by atoms with Gasteiger partial charge in [-0.1, -0.05) is 194 Å². The maximum atomic E-state index is 12.8. The number of hydrogen-bond donors (Lipinski definition) is 0. The Hall–Kier alpha value is -3.93. The summed E-state index contributed by atoms with van der Waals surface area (Å²) >= 11 is 0. The highest BCUT2D eigenvalue weighted by molar-refractivity contribution is 5.71. The molecule has 0 aromatic heterocycles. The Kier molecular flexibility index (Phi) is 48.5. The van der Waals surface area contributed by atoms with Crippen molar-refractivity contribution in [2.45, 2.75) is 226 Å². The van der Waals surface area contributed by atoms with Crippen molar-refractivity contribution >= 4 is 17.9 Å². The molecule has 0 aliphatic heterocycles. The fourth-order valence-corrected chi connectivity index (χ4v) is 6.64. The summed E-state index contributed by atoms with van der Waals surface area (Å²) < 4.78 is 16.7. The molecule has 0 rings (SSSR count). The molecule has 0 aromatic rings. The molecule has 0 heterocycles. The molecular weight excluding hydrogens is 793 g/mol. The van der Waals surface area contributed by atoms with Crippen molar-refractivity contribution < 1.29 is 28.6 Å². The maximum absolute atomic E-state index is 12.8. The number of ether oxygens (including phenoxy) is 3. The largest absolute Gasteiger partial charge is 0.462 e. The van der Waals surface area contributed by atoms with Gasteiger partial charge in [-0.05, 0) is 116 Å². The van der Waals surface area contributed by atoms with Crippen LogP contribution in [0.15, 0.2) is 109 Å². The first-order valence-corrected chi connectivity index (χ1v) is 25.9. The van der Waals surface area contributed by atoms with Gasteiger partial charge in [0.1, 0.15) is 13.2 Å². The van der Waals surface area contributed by atoms with E-state index in [2.05, 4.69) is 130 Å². The standard InChI is InChI=1S/C58H94O6/c1-4-7-10-13-16-19-22-24-26-28-29-30-32-33-36-39-42-45-48-51-57(60)63-54-55(53-62-56(59)50-47-44-41-38-35-21-18-15-12-9-6-3)64-58(61)52-49-46-43-40-37-34-31-27-25-23-20-17-14-11-8-5-2/h7-8,10-11,15-20,24-27,29-30,33,36,55H,4-6,9,12-14,21-23,28,31-32,34-35,37-54H2,1-3H3/b10-7-,11-8-,18-15-,19-16-,20-17-,26-24-,27-25-,30-29-,36-33-. The average Bonchev–Trinajstić information content (AvgIpc) is 3.29. The van der Waals surface area contributed by atoms with Gasteiger partial charge in [0.25, 0.3) is 0 Å². The van der Waals surface area contributed by atoms with Crippen LogP contribution in [0.1, 0.15) is 220 Å². The smallest absolute Gasteiger partial charge is 0.306 e. The van der Waals surface area contributed by atoms with Crippen molar-refractivity contribution in [1.82, 2.24) is 0 Å². The van der Waals surface area contributed by atoms with Crippen LogP contribution in [0.5, 0.6) is 0 Å². The normalized spacial score (nSPS) is 13.0. The van der Waals surface area contributed by atoms with E-state index in [4.69, 9.17) is 14.2 Å². The quantitative estimate of drug-likeness (QED) is 0.0262. The monoisotopic (exact) mass is 887 g/mol. The van der Waals surface area contributed by atoms with Crippen LogP contribution in [0.25, 0.3) is 0 Å². The van der Waals surface area contributed by atoms with Gasteiger partial charge in [-0.25, -0.2) is 0 Å². The Morgan fingerprint density at radius 3 is 0.984 bits per heavy atom. The van der Waals surface area contributed by atoms with Crippen molar-refractivity contribution in [1.29, 1.82) is 0 Å². The van der Waals surface area contributed by atoms with Gasteiger partial charge in [0.05, 0.1) is 0 Å². The summed E-state index contributed by atoms with van der Waals surface area (Å²) in [6.07, 6.45) is 69.3. The molecule has 0 spiro atoms. The predicted molar refractivity (Wildman–Crippen MR) is 274 cm³/mol. The van der Waals surface area contributed by atoms with E-state index < -0.39 is 6.10 Å². The summed E-state index contributed by atoms with van der Waals surface area (Å²) in [5, 5.41) is 0. The second-order valence-electron chi connectivity index (χ2n) is 16.7. The second kappa shape index (κ2) is 51.7. The molecule has 0 saturated carbocycles. The van der Waals surface area contributed by atoms with Crippen molar-refractivity contribution in [2.24, 2.45) is 0 Å². The molecule has 0 aliphatic carbocycles. The first-order valence-electron chi connectivity index (χ1n) is 25.9. The molecule has 0 bridgehead atoms. The third kappa shape index (κ3) is 49.1. The van der Waals surface area contributed by atoms with Crippen molar-refractivity contribution in [2.75, 3.05) is 13.2 Å². The Labute approximate surface area is 393 Å². The van der Waals surface area contributed by atoms with Gasteiger partial charge in [0.15, 0.2) is 6.10 Å². The van der Waals surface area contributed by atoms with Gasteiger partial charge in [0.2, 0.25) is 0 Å². The molecule has 6 heteroatoms. The zero-order valence-corrected chi connectivity index (χ0v) is 41.3. The topological polar surface area (TPSA) is 78.9 Å². The van der Waals surface area contributed by atoms with Crippen LogP contribution >= 0.6 is 0 Å². The number of unbranched alkanes of at least 4 members (excludes halogenated alkanes) is 16. The minimum Gasteiger partial charge on any atom is -0.462 e. The SMILES string of the molecule is CC/C=C\C/C=C\C/C=C\C/C=C\C/C=C\CCCCCC(=O)OCC(COC(=O)CCCCCCC/C=C\CCCC)OC(=O)CCCCCCCC/C=C\C/C=C\C/C=C\CC. The van der Waals surface area contributed by atoms with E-state index in [0.717, 1.165) is 141 Å². The first-order chi connectivity index (χ1) is 31.5. The number of esters is 3. The second-order valence-corrected chi connectivity index (χ2v) is 16.7. The van der Waals surface area contributed by atoms with Gasteiger partial charge in [-0.2, -0.15) is 0 Å². The Bertz CT molecular complexity index is 1340. The Morgan fingerprint density at radius 2 is 0.609 bits per heavy atom. The molecule has 1 atom stereocenters. The van der Waals surface area contributed by atoms with Crippen LogP contribution in [0, 0.1) is 0 Å². The summed E-state index contributed by atoms with van der Waals surface area (Å²) in [6, 6.07) is 0. The van der Waals surface area contributed by atoms with Crippen molar-refractivity contribution in [3.05, 3.63) is 109 Å². The van der Waals surface area contributed by atoms with Crippen LogP contribution in [-0.2, 0) is 28.6 Å². The van der Waals surface area contributed by atoms with Crippen LogP contribution in [-0.4, -0.2) is 37.2 Å². The van der Waals surface area contributed by atoms with Crippen LogP contribution in [0.2, 0.25) is 0 Å². The lowest BCUT2D eigenvalue weighted by atomic mass is 10.1. The molecule has 0 aromatic carbocycles. The number of hydrogen-bond acceptors (Lipinski definition) is 6. The molecule has 0 amide bonds. The average molecular weight is 887 g/mol. The third-order valence-electron chi connectivity index (χ3n) is 10.5. The number of allylic oxidation sites excluding steroid dienone is 18. The summed E-state index contributed by atoms with van der Waals surface area (Å²) in [5.41, 5.74) is 0. The van der Waals surface area contributed by atoms with Crippen LogP contribution in [0.4, 0.5) is 0 Å². The number of carbonyl (C=O) groups excluding carboxylic acids is 3. The van der Waals surface area contributed by atoms with Crippen molar-refractivity contribution in [3.8, 4) is 0 Å². The van der Waals surface area contributed by atoms with Gasteiger partial charge < -0.3 is 14.2 Å². The molecule has 0 aliphatic rings. The summed E-state index contributed by atoms with van der Waals surface area (Å²) in [4.78, 5) is 38.0. The minimum atomic E-state index is -0.803. The number of rotatable bonds is 45. The molecular formula is C58H94O6. The van der Waals surface area contributed by atoms with E-state index in [1.165, 1.54) is 38.5 Å². The molecule has 0 radical (unpaired) electrons. The van der Waals surface area contributed by atoms with E-state index in [9.17, 15) is 14.4 Å². The fraction of sp³-hybridized carbons (Fsp3) is 0.638. The highest BCUT2D eigenvalue weighted by atomic mass is 16.6. The summed E-state index contributed by atoms with van der Waals surface area (Å²) in [5.74, 6) is -0.962. The van der Waals surface area contributed by atoms with Crippen molar-refractivity contribution in [3.63, 3.8) is 0 Å². The summed E-state index contributed by atoms with van der Waals surface area (Å²) in [7, 11) is 0. The Morgan fingerprint density at radius 1 is 0.328 bits per heavy atom. The molecule has 1 unspecified atom stereocenters. The molecule has 0 saturated heterocycles. The molecule has 0 N–H and O–H groups in total. The van der Waals surface area contributed by atoms with Crippen LogP contribution in [0.3, 0.4) is 0 Å². The van der Waals surface area contributed by atoms with E-state index >= 15 is 0 Å². The molecule has 6 nitrogen and oxygen atoms in total. The third-order valence-corrected chi connectivity index (χ3v) is 10.5. The van der Waals surface area contributed by atoms with Gasteiger partial charge in [-0.3, -0.25) is 14.4 Å². The van der Waals surface area contributed by atoms with Gasteiger partial charge >= 0.3 is 17.9 Å². The van der Waals surface area contributed by atoms with Gasteiger partial charge in [0, 0.05) is 19.3 Å². The highest BCUT2D eigenvalue weighted by Gasteiger charge is 2.19. The lowest BCUT2D eigenvalue weighted by Gasteiger charge is -2.18. The molecule has 64 heavy (non-hydrogen) atoms. The maximum Gasteiger partial charge on any atom is 0.306 e. The molecule has 0 fully saturated rings. The fourth-order valence-electron chi connectivity index (χ4n) is 6.64. The Balaban J connectivity index is 4.47. The lowest BCUT2D eigenvalue weighted by Crippen LogP contribution is -2.30. The first kappa shape index (κ1) is 60.1. The van der Waals surface area contributed by atoms with E-state index in [0.29, 0.717) is 19.3 Å². The number of carbonyl (C=O) groups is 3. The minimum absolute atomic E-state index is 0.101. The molecule has 362 valence electrons. The predicted octanol–water partition coefficient (Wildman–Crippen LogP) is 17.1. The zero-order valence-electron chi connectivity index (χ0n) is 41.3. The van der Waals surface area contributed by atoms with Gasteiger partial charge in [-0.15, -0.1) is 0 Å². The highest BCUT2D eigenvalue weighted by Crippen LogP contribution is 2.13. The van der Waals surface area contributed by atoms with E-state index in [-0.39, 0.29) is 31.1 Å². The zero-order chi connectivity index (χ0) is 46.5. The van der Waals surface area contributed by atoms with E-state index in [1.54, 1.807) is 0 Å². The van der Waals surface area contributed by atoms with E-state index in [1.807, 2.05) is 0 Å².